The summed E-state index contributed by atoms with van der Waals surface area (Å²) in [6.07, 6.45) is 3.20. The molecule has 1 saturated heterocycles. The third-order valence-corrected chi connectivity index (χ3v) is 5.53. The van der Waals surface area contributed by atoms with Crippen LogP contribution >= 0.6 is 0 Å². The lowest BCUT2D eigenvalue weighted by atomic mass is 9.94. The highest BCUT2D eigenvalue weighted by Gasteiger charge is 2.46. The number of carbonyl (C=O) groups excluding carboxylic acids is 2. The van der Waals surface area contributed by atoms with E-state index in [4.69, 9.17) is 0 Å². The van der Waals surface area contributed by atoms with E-state index in [-0.39, 0.29) is 17.9 Å². The van der Waals surface area contributed by atoms with Crippen LogP contribution in [-0.2, 0) is 23.2 Å². The minimum absolute atomic E-state index is 0.0845. The molecule has 8 heteroatoms. The molecule has 0 radical (unpaired) electrons. The Labute approximate surface area is 178 Å². The van der Waals surface area contributed by atoms with E-state index in [1.54, 1.807) is 56.2 Å². The van der Waals surface area contributed by atoms with E-state index in [1.165, 1.54) is 23.1 Å². The van der Waals surface area contributed by atoms with Gasteiger partial charge in [0.1, 0.15) is 11.6 Å². The SMILES string of the molecule is Cc1nn(C)c(C)c1C(O)=C1C(=O)C(=O)N(Cc2cccnc2)[C@H]1c1cccc(F)c1. The van der Waals surface area contributed by atoms with Crippen molar-refractivity contribution >= 4 is 17.4 Å². The van der Waals surface area contributed by atoms with Gasteiger partial charge in [-0.1, -0.05) is 18.2 Å². The summed E-state index contributed by atoms with van der Waals surface area (Å²) in [5.41, 5.74) is 2.57. The number of halogens is 1. The van der Waals surface area contributed by atoms with Crippen LogP contribution in [0.15, 0.2) is 54.4 Å². The summed E-state index contributed by atoms with van der Waals surface area (Å²) in [4.78, 5) is 31.5. The number of Topliss-reactive ketones (excluding diaryl/α,β-unsaturated/α-hetero) is 1. The van der Waals surface area contributed by atoms with Gasteiger partial charge in [-0.15, -0.1) is 0 Å². The van der Waals surface area contributed by atoms with Crippen molar-refractivity contribution in [3.05, 3.63) is 88.3 Å². The first-order chi connectivity index (χ1) is 14.8. The third kappa shape index (κ3) is 3.50. The zero-order valence-electron chi connectivity index (χ0n) is 17.3. The van der Waals surface area contributed by atoms with Crippen LogP contribution < -0.4 is 0 Å². The maximum Gasteiger partial charge on any atom is 0.295 e. The zero-order valence-corrected chi connectivity index (χ0v) is 17.3. The van der Waals surface area contributed by atoms with Crippen LogP contribution in [0.3, 0.4) is 0 Å². The van der Waals surface area contributed by atoms with Crippen molar-refractivity contribution in [2.75, 3.05) is 0 Å². The maximum atomic E-state index is 14.1. The number of amides is 1. The van der Waals surface area contributed by atoms with Crippen LogP contribution in [-0.4, -0.2) is 36.5 Å². The van der Waals surface area contributed by atoms with Gasteiger partial charge in [0.2, 0.25) is 0 Å². The third-order valence-electron chi connectivity index (χ3n) is 5.53. The molecule has 1 aromatic carbocycles. The summed E-state index contributed by atoms with van der Waals surface area (Å²) in [7, 11) is 1.73. The number of nitrogens with zero attached hydrogens (tertiary/aromatic N) is 4. The smallest absolute Gasteiger partial charge is 0.295 e. The first-order valence-corrected chi connectivity index (χ1v) is 9.73. The fourth-order valence-corrected chi connectivity index (χ4v) is 4.01. The van der Waals surface area contributed by atoms with Gasteiger partial charge >= 0.3 is 0 Å². The van der Waals surface area contributed by atoms with Gasteiger partial charge < -0.3 is 10.0 Å². The van der Waals surface area contributed by atoms with E-state index in [0.717, 1.165) is 0 Å². The van der Waals surface area contributed by atoms with Gasteiger partial charge in [0.15, 0.2) is 0 Å². The van der Waals surface area contributed by atoms with Crippen LogP contribution in [0.4, 0.5) is 4.39 Å². The van der Waals surface area contributed by atoms with Gasteiger partial charge in [0.05, 0.1) is 22.9 Å². The summed E-state index contributed by atoms with van der Waals surface area (Å²) < 4.78 is 15.7. The number of benzene rings is 1. The van der Waals surface area contributed by atoms with Crippen molar-refractivity contribution in [1.82, 2.24) is 19.7 Å². The largest absolute Gasteiger partial charge is 0.507 e. The predicted molar refractivity (Wildman–Crippen MR) is 111 cm³/mol. The second kappa shape index (κ2) is 7.79. The number of aliphatic hydroxyl groups excluding tert-OH is 1. The molecule has 3 aromatic rings. The van der Waals surface area contributed by atoms with Gasteiger partial charge in [0, 0.05) is 31.7 Å². The summed E-state index contributed by atoms with van der Waals surface area (Å²) in [5.74, 6) is -2.40. The number of likely N-dealkylation sites (tertiary alicyclic amines) is 1. The molecule has 2 aromatic heterocycles. The van der Waals surface area contributed by atoms with Crippen molar-refractivity contribution in [2.24, 2.45) is 7.05 Å². The summed E-state index contributed by atoms with van der Waals surface area (Å²) in [6, 6.07) is 8.25. The van der Waals surface area contributed by atoms with Gasteiger partial charge in [-0.25, -0.2) is 4.39 Å². The molecule has 1 fully saturated rings. The number of aromatic nitrogens is 3. The van der Waals surface area contributed by atoms with Crippen LogP contribution in [0.2, 0.25) is 0 Å². The van der Waals surface area contributed by atoms with Gasteiger partial charge in [-0.3, -0.25) is 19.3 Å². The predicted octanol–water partition coefficient (Wildman–Crippen LogP) is 3.19. The molecule has 1 N–H and O–H groups in total. The van der Waals surface area contributed by atoms with Crippen molar-refractivity contribution in [3.63, 3.8) is 0 Å². The Hall–Kier alpha value is -3.81. The van der Waals surface area contributed by atoms with Crippen LogP contribution in [0.1, 0.15) is 34.1 Å². The summed E-state index contributed by atoms with van der Waals surface area (Å²) in [5, 5.41) is 15.5. The highest BCUT2D eigenvalue weighted by molar-refractivity contribution is 6.46. The van der Waals surface area contributed by atoms with E-state index in [1.807, 2.05) is 0 Å². The lowest BCUT2D eigenvalue weighted by molar-refractivity contribution is -0.140. The Kier molecular flexibility index (Phi) is 5.14. The van der Waals surface area contributed by atoms with E-state index >= 15 is 0 Å². The van der Waals surface area contributed by atoms with Crippen molar-refractivity contribution < 1.29 is 19.1 Å². The number of pyridine rings is 1. The molecule has 0 spiro atoms. The van der Waals surface area contributed by atoms with Crippen LogP contribution in [0.25, 0.3) is 5.76 Å². The Morgan fingerprint density at radius 3 is 2.58 bits per heavy atom. The van der Waals surface area contributed by atoms with Crippen LogP contribution in [0.5, 0.6) is 0 Å². The molecule has 4 rings (SSSR count). The molecule has 158 valence electrons. The standard InChI is InChI=1S/C23H21FN4O3/c1-13-18(14(2)27(3)26-13)21(29)19-20(16-7-4-8-17(24)10-16)28(23(31)22(19)30)12-15-6-5-9-25-11-15/h4-11,20,29H,12H2,1-3H3/t20-/m0/s1. The number of aliphatic hydroxyl groups is 1. The number of hydrogen-bond acceptors (Lipinski definition) is 5. The average molecular weight is 420 g/mol. The van der Waals surface area contributed by atoms with E-state index < -0.39 is 23.5 Å². The summed E-state index contributed by atoms with van der Waals surface area (Å²) >= 11 is 0. The lowest BCUT2D eigenvalue weighted by Gasteiger charge is -2.25. The Bertz CT molecular complexity index is 1220. The molecule has 0 bridgehead atoms. The minimum atomic E-state index is -0.949. The molecule has 0 unspecified atom stereocenters. The molecule has 3 heterocycles. The lowest BCUT2D eigenvalue weighted by Crippen LogP contribution is -2.29. The van der Waals surface area contributed by atoms with E-state index in [0.29, 0.717) is 28.1 Å². The monoisotopic (exact) mass is 420 g/mol. The highest BCUT2D eigenvalue weighted by atomic mass is 19.1. The second-order valence-corrected chi connectivity index (χ2v) is 7.51. The summed E-state index contributed by atoms with van der Waals surface area (Å²) in [6.45, 7) is 3.56. The van der Waals surface area contributed by atoms with Gasteiger partial charge in [-0.2, -0.15) is 5.10 Å². The number of aryl methyl sites for hydroxylation is 2. The van der Waals surface area contributed by atoms with Crippen molar-refractivity contribution in [1.29, 1.82) is 0 Å². The Morgan fingerprint density at radius 1 is 1.19 bits per heavy atom. The first kappa shape index (κ1) is 20.5. The topological polar surface area (TPSA) is 88.3 Å². The van der Waals surface area contributed by atoms with E-state index in [2.05, 4.69) is 10.1 Å². The fraction of sp³-hybridized carbons (Fsp3) is 0.217. The minimum Gasteiger partial charge on any atom is -0.507 e. The number of ketones is 1. The molecule has 0 aliphatic carbocycles. The zero-order chi connectivity index (χ0) is 22.3. The Morgan fingerprint density at radius 2 is 1.97 bits per heavy atom. The number of carbonyl (C=O) groups is 2. The van der Waals surface area contributed by atoms with Crippen molar-refractivity contribution in [2.45, 2.75) is 26.4 Å². The van der Waals surface area contributed by atoms with Gasteiger partial charge in [0.25, 0.3) is 11.7 Å². The number of hydrogen-bond donors (Lipinski definition) is 1. The molecule has 1 aliphatic rings. The number of rotatable bonds is 4. The maximum absolute atomic E-state index is 14.1. The van der Waals surface area contributed by atoms with Gasteiger partial charge in [-0.05, 0) is 43.2 Å². The molecule has 1 amide bonds. The van der Waals surface area contributed by atoms with E-state index in [9.17, 15) is 19.1 Å². The molecule has 7 nitrogen and oxygen atoms in total. The average Bonchev–Trinajstić information content (AvgIpc) is 3.14. The second-order valence-electron chi connectivity index (χ2n) is 7.51. The highest BCUT2D eigenvalue weighted by Crippen LogP contribution is 2.41. The van der Waals surface area contributed by atoms with Crippen LogP contribution in [0, 0.1) is 19.7 Å². The fourth-order valence-electron chi connectivity index (χ4n) is 4.01. The quantitative estimate of drug-likeness (QED) is 0.398. The molecular formula is C23H21FN4O3. The molecule has 1 aliphatic heterocycles. The molecule has 1 atom stereocenters. The Balaban J connectivity index is 1.92. The molecule has 0 saturated carbocycles. The molecule has 31 heavy (non-hydrogen) atoms. The van der Waals surface area contributed by atoms with Crippen molar-refractivity contribution in [3.8, 4) is 0 Å². The molecular weight excluding hydrogens is 399 g/mol. The first-order valence-electron chi connectivity index (χ1n) is 9.73. The normalized spacial score (nSPS) is 18.1.